The topological polar surface area (TPSA) is 52.7 Å². The molecule has 1 fully saturated rings. The van der Waals surface area contributed by atoms with E-state index in [1.807, 2.05) is 19.1 Å². The maximum Gasteiger partial charge on any atom is 0.247 e. The van der Waals surface area contributed by atoms with E-state index in [9.17, 15) is 9.59 Å². The third kappa shape index (κ3) is 5.64. The van der Waals surface area contributed by atoms with Crippen LogP contribution in [0, 0.1) is 11.8 Å². The van der Waals surface area contributed by atoms with Crippen LogP contribution in [0.2, 0.25) is 5.02 Å². The van der Waals surface area contributed by atoms with Crippen molar-refractivity contribution in [2.75, 3.05) is 29.9 Å². The van der Waals surface area contributed by atoms with Crippen LogP contribution in [0.15, 0.2) is 18.2 Å². The lowest BCUT2D eigenvalue weighted by atomic mass is 10.0. The fourth-order valence-electron chi connectivity index (χ4n) is 3.38. The molecule has 6 heteroatoms. The summed E-state index contributed by atoms with van der Waals surface area (Å²) in [6.07, 6.45) is 3.57. The van der Waals surface area contributed by atoms with Crippen LogP contribution in [0.3, 0.4) is 0 Å². The number of carbonyl (C=O) groups is 2. The van der Waals surface area contributed by atoms with Gasteiger partial charge in [-0.15, -0.1) is 5.92 Å². The summed E-state index contributed by atoms with van der Waals surface area (Å²) in [5, 5.41) is 3.49. The van der Waals surface area contributed by atoms with E-state index in [0.29, 0.717) is 30.2 Å². The second kappa shape index (κ2) is 10.2. The van der Waals surface area contributed by atoms with Gasteiger partial charge in [0.1, 0.15) is 6.04 Å². The summed E-state index contributed by atoms with van der Waals surface area (Å²) in [7, 11) is 0. The van der Waals surface area contributed by atoms with Crippen LogP contribution in [0.4, 0.5) is 11.4 Å². The second-order valence-electron chi connectivity index (χ2n) is 6.73. The zero-order valence-corrected chi connectivity index (χ0v) is 17.1. The molecule has 1 aromatic rings. The van der Waals surface area contributed by atoms with E-state index >= 15 is 0 Å². The van der Waals surface area contributed by atoms with Crippen molar-refractivity contribution in [3.63, 3.8) is 0 Å². The van der Waals surface area contributed by atoms with Crippen LogP contribution in [0.1, 0.15) is 46.5 Å². The summed E-state index contributed by atoms with van der Waals surface area (Å²) in [5.74, 6) is 5.77. The van der Waals surface area contributed by atoms with Crippen molar-refractivity contribution in [1.29, 1.82) is 0 Å². The van der Waals surface area contributed by atoms with Crippen molar-refractivity contribution in [1.82, 2.24) is 4.90 Å². The van der Waals surface area contributed by atoms with E-state index in [-0.39, 0.29) is 11.8 Å². The predicted octanol–water partition coefficient (Wildman–Crippen LogP) is 3.92. The molecule has 1 aromatic carbocycles. The Kier molecular flexibility index (Phi) is 7.99. The largest absolute Gasteiger partial charge is 0.359 e. The number of rotatable bonds is 6. The molecule has 1 aliphatic heterocycles. The van der Waals surface area contributed by atoms with Gasteiger partial charge < -0.3 is 15.1 Å². The van der Waals surface area contributed by atoms with Crippen molar-refractivity contribution < 1.29 is 9.59 Å². The molecule has 1 saturated heterocycles. The molecule has 5 nitrogen and oxygen atoms in total. The van der Waals surface area contributed by atoms with Crippen molar-refractivity contribution >= 4 is 34.8 Å². The van der Waals surface area contributed by atoms with Crippen molar-refractivity contribution in [3.05, 3.63) is 23.2 Å². The summed E-state index contributed by atoms with van der Waals surface area (Å²) >= 11 is 6.48. The molecule has 0 radical (unpaired) electrons. The normalized spacial score (nSPS) is 16.3. The number of hydrogen-bond donors (Lipinski definition) is 1. The minimum atomic E-state index is -0.411. The van der Waals surface area contributed by atoms with Crippen LogP contribution in [-0.4, -0.2) is 42.4 Å². The van der Waals surface area contributed by atoms with Crippen LogP contribution in [-0.2, 0) is 9.59 Å². The molecule has 2 rings (SSSR count). The standard InChI is InChI=1S/C21H28ClN3O2/c1-4-6-13-24(12-5-2)19-11-10-17(15-18(19)22)23-21(27)20-9-7-8-14-25(20)16(3)26/h10-11,15,20H,5,7-9,12-14H2,1-3H3,(H,23,27)/t20-/m1/s1. The first-order chi connectivity index (χ1) is 13.0. The van der Waals surface area contributed by atoms with Crippen molar-refractivity contribution in [2.45, 2.75) is 52.5 Å². The molecule has 1 atom stereocenters. The summed E-state index contributed by atoms with van der Waals surface area (Å²) in [6, 6.07) is 5.11. The molecule has 1 N–H and O–H groups in total. The Bertz CT molecular complexity index is 739. The van der Waals surface area contributed by atoms with Gasteiger partial charge in [0.05, 0.1) is 17.3 Å². The lowest BCUT2D eigenvalue weighted by molar-refractivity contribution is -0.138. The van der Waals surface area contributed by atoms with Gasteiger partial charge in [0.2, 0.25) is 11.8 Å². The van der Waals surface area contributed by atoms with E-state index in [1.165, 1.54) is 6.92 Å². The van der Waals surface area contributed by atoms with E-state index in [2.05, 4.69) is 29.0 Å². The van der Waals surface area contributed by atoms with Crippen LogP contribution >= 0.6 is 11.6 Å². The lowest BCUT2D eigenvalue weighted by Gasteiger charge is -2.34. The SMILES string of the molecule is CC#CCN(CCC)c1ccc(NC(=O)[C@H]2CCCCN2C(C)=O)cc1Cl. The van der Waals surface area contributed by atoms with E-state index < -0.39 is 6.04 Å². The first kappa shape index (κ1) is 21.1. The maximum atomic E-state index is 12.7. The number of benzene rings is 1. The molecule has 1 heterocycles. The summed E-state index contributed by atoms with van der Waals surface area (Å²) in [4.78, 5) is 28.3. The number of anilines is 2. The minimum absolute atomic E-state index is 0.0597. The Morgan fingerprint density at radius 2 is 2.15 bits per heavy atom. The molecule has 0 bridgehead atoms. The fourth-order valence-corrected chi connectivity index (χ4v) is 3.68. The van der Waals surface area contributed by atoms with Gasteiger partial charge in [-0.25, -0.2) is 0 Å². The highest BCUT2D eigenvalue weighted by Crippen LogP contribution is 2.29. The molecule has 0 aliphatic carbocycles. The van der Waals surface area contributed by atoms with Gasteiger partial charge in [0.15, 0.2) is 0 Å². The molecule has 27 heavy (non-hydrogen) atoms. The van der Waals surface area contributed by atoms with Gasteiger partial charge in [0.25, 0.3) is 0 Å². The summed E-state index contributed by atoms with van der Waals surface area (Å²) in [6.45, 7) is 7.55. The highest BCUT2D eigenvalue weighted by molar-refractivity contribution is 6.33. The number of amides is 2. The summed E-state index contributed by atoms with van der Waals surface area (Å²) in [5.41, 5.74) is 1.54. The molecule has 0 unspecified atom stereocenters. The van der Waals surface area contributed by atoms with Crippen molar-refractivity contribution in [3.8, 4) is 11.8 Å². The Balaban J connectivity index is 2.12. The molecule has 0 aromatic heterocycles. The number of halogens is 1. The average Bonchev–Trinajstić information content (AvgIpc) is 2.65. The number of piperidine rings is 1. The monoisotopic (exact) mass is 389 g/mol. The Labute approximate surface area is 167 Å². The number of likely N-dealkylation sites (tertiary alicyclic amines) is 1. The first-order valence-corrected chi connectivity index (χ1v) is 9.87. The maximum absolute atomic E-state index is 12.7. The van der Waals surface area contributed by atoms with Gasteiger partial charge in [-0.05, 0) is 50.8 Å². The van der Waals surface area contributed by atoms with Crippen LogP contribution in [0.25, 0.3) is 0 Å². The smallest absolute Gasteiger partial charge is 0.247 e. The molecular weight excluding hydrogens is 362 g/mol. The Morgan fingerprint density at radius 3 is 2.78 bits per heavy atom. The highest BCUT2D eigenvalue weighted by atomic mass is 35.5. The van der Waals surface area contributed by atoms with E-state index in [1.54, 1.807) is 11.0 Å². The molecular formula is C21H28ClN3O2. The Hall–Kier alpha value is -2.19. The van der Waals surface area contributed by atoms with E-state index in [0.717, 1.165) is 31.5 Å². The predicted molar refractivity (Wildman–Crippen MR) is 111 cm³/mol. The zero-order chi connectivity index (χ0) is 19.8. The highest BCUT2D eigenvalue weighted by Gasteiger charge is 2.30. The lowest BCUT2D eigenvalue weighted by Crippen LogP contribution is -2.49. The van der Waals surface area contributed by atoms with E-state index in [4.69, 9.17) is 11.6 Å². The molecule has 1 aliphatic rings. The summed E-state index contributed by atoms with van der Waals surface area (Å²) < 4.78 is 0. The van der Waals surface area contributed by atoms with Gasteiger partial charge >= 0.3 is 0 Å². The first-order valence-electron chi connectivity index (χ1n) is 9.50. The Morgan fingerprint density at radius 1 is 1.37 bits per heavy atom. The number of nitrogens with one attached hydrogen (secondary N) is 1. The zero-order valence-electron chi connectivity index (χ0n) is 16.3. The fraction of sp³-hybridized carbons (Fsp3) is 0.524. The molecule has 2 amide bonds. The number of nitrogens with zero attached hydrogens (tertiary/aromatic N) is 2. The van der Waals surface area contributed by atoms with Gasteiger partial charge in [-0.1, -0.05) is 24.4 Å². The quantitative estimate of drug-likeness (QED) is 0.750. The van der Waals surface area contributed by atoms with Gasteiger partial charge in [-0.3, -0.25) is 9.59 Å². The van der Waals surface area contributed by atoms with Gasteiger partial charge in [-0.2, -0.15) is 0 Å². The molecule has 146 valence electrons. The second-order valence-corrected chi connectivity index (χ2v) is 7.13. The van der Waals surface area contributed by atoms with Crippen molar-refractivity contribution in [2.24, 2.45) is 0 Å². The van der Waals surface area contributed by atoms with Crippen LogP contribution in [0.5, 0.6) is 0 Å². The molecule has 0 spiro atoms. The third-order valence-electron chi connectivity index (χ3n) is 4.71. The molecule has 0 saturated carbocycles. The minimum Gasteiger partial charge on any atom is -0.359 e. The van der Waals surface area contributed by atoms with Gasteiger partial charge in [0, 0.05) is 25.7 Å². The third-order valence-corrected chi connectivity index (χ3v) is 5.01. The van der Waals surface area contributed by atoms with Crippen LogP contribution < -0.4 is 10.2 Å². The number of hydrogen-bond acceptors (Lipinski definition) is 3. The number of carbonyl (C=O) groups excluding carboxylic acids is 2. The average molecular weight is 390 g/mol.